The van der Waals surface area contributed by atoms with Crippen molar-refractivity contribution in [1.29, 1.82) is 0 Å². The molecule has 13 heavy (non-hydrogen) atoms. The molecule has 0 aliphatic carbocycles. The molecule has 0 unspecified atom stereocenters. The fraction of sp³-hybridized carbons (Fsp3) is 0.700. The van der Waals surface area contributed by atoms with Crippen LogP contribution >= 0.6 is 0 Å². The van der Waals surface area contributed by atoms with Crippen LogP contribution in [-0.2, 0) is 6.54 Å². The van der Waals surface area contributed by atoms with Gasteiger partial charge in [0.2, 0.25) is 0 Å². The number of imidazole rings is 1. The van der Waals surface area contributed by atoms with E-state index in [0.29, 0.717) is 0 Å². The first-order valence-corrected chi connectivity index (χ1v) is 5.02. The minimum atomic E-state index is 0.891. The lowest BCUT2D eigenvalue weighted by Gasteiger charge is -2.14. The number of nitrogens with zero attached hydrogens (tertiary/aromatic N) is 3. The van der Waals surface area contributed by atoms with Gasteiger partial charge in [-0.25, -0.2) is 4.98 Å². The molecule has 2 rings (SSSR count). The molecule has 1 fully saturated rings. The maximum Gasteiger partial charge on any atom is 0.0946 e. The first kappa shape index (κ1) is 8.75. The van der Waals surface area contributed by atoms with Crippen LogP contribution in [0.4, 0.5) is 0 Å². The third-order valence-corrected chi connectivity index (χ3v) is 2.74. The monoisotopic (exact) mass is 179 g/mol. The molecule has 1 aromatic heterocycles. The Kier molecular flexibility index (Phi) is 2.64. The molecule has 2 heterocycles. The molecule has 1 saturated heterocycles. The van der Waals surface area contributed by atoms with Crippen LogP contribution in [-0.4, -0.2) is 34.1 Å². The Morgan fingerprint density at radius 3 is 3.00 bits per heavy atom. The first-order valence-electron chi connectivity index (χ1n) is 5.02. The smallest absolute Gasteiger partial charge is 0.0946 e. The lowest BCUT2D eigenvalue weighted by molar-refractivity contribution is 0.312. The van der Waals surface area contributed by atoms with E-state index < -0.39 is 0 Å². The van der Waals surface area contributed by atoms with Gasteiger partial charge in [-0.05, 0) is 18.9 Å². The van der Waals surface area contributed by atoms with Crippen LogP contribution in [0.3, 0.4) is 0 Å². The van der Waals surface area contributed by atoms with Crippen molar-refractivity contribution in [2.75, 3.05) is 19.6 Å². The Morgan fingerprint density at radius 2 is 2.38 bits per heavy atom. The van der Waals surface area contributed by atoms with Crippen molar-refractivity contribution in [1.82, 2.24) is 14.5 Å². The molecule has 1 aliphatic heterocycles. The Labute approximate surface area is 79.4 Å². The average molecular weight is 179 g/mol. The van der Waals surface area contributed by atoms with Gasteiger partial charge in [-0.15, -0.1) is 0 Å². The third-order valence-electron chi connectivity index (χ3n) is 2.74. The summed E-state index contributed by atoms with van der Waals surface area (Å²) in [5.74, 6) is 0.891. The first-order chi connectivity index (χ1) is 6.34. The second-order valence-electron chi connectivity index (χ2n) is 3.99. The van der Waals surface area contributed by atoms with Crippen molar-refractivity contribution in [3.63, 3.8) is 0 Å². The highest BCUT2D eigenvalue weighted by molar-refractivity contribution is 4.76. The van der Waals surface area contributed by atoms with E-state index in [1.807, 2.05) is 18.7 Å². The molecule has 1 atom stereocenters. The van der Waals surface area contributed by atoms with E-state index in [1.165, 1.54) is 26.1 Å². The zero-order valence-corrected chi connectivity index (χ0v) is 8.19. The number of hydrogen-bond acceptors (Lipinski definition) is 2. The summed E-state index contributed by atoms with van der Waals surface area (Å²) < 4.78 is 2.14. The van der Waals surface area contributed by atoms with E-state index in [2.05, 4.69) is 21.4 Å². The molecular weight excluding hydrogens is 162 g/mol. The Balaban J connectivity index is 1.74. The summed E-state index contributed by atoms with van der Waals surface area (Å²) in [5, 5.41) is 0. The fourth-order valence-electron chi connectivity index (χ4n) is 1.91. The molecular formula is C10H17N3. The summed E-state index contributed by atoms with van der Waals surface area (Å²) in [4.78, 5) is 6.56. The van der Waals surface area contributed by atoms with E-state index in [9.17, 15) is 0 Å². The van der Waals surface area contributed by atoms with Crippen molar-refractivity contribution in [3.8, 4) is 0 Å². The van der Waals surface area contributed by atoms with Gasteiger partial charge in [0.25, 0.3) is 0 Å². The minimum absolute atomic E-state index is 0.891. The van der Waals surface area contributed by atoms with E-state index >= 15 is 0 Å². The summed E-state index contributed by atoms with van der Waals surface area (Å²) in [7, 11) is 0. The highest BCUT2D eigenvalue weighted by atomic mass is 15.2. The molecule has 3 heteroatoms. The van der Waals surface area contributed by atoms with Gasteiger partial charge in [0, 0.05) is 32.0 Å². The van der Waals surface area contributed by atoms with Crippen molar-refractivity contribution < 1.29 is 0 Å². The molecule has 0 bridgehead atoms. The SMILES string of the molecule is C[C@H]1CCN(CCn2ccnc2)C1. The van der Waals surface area contributed by atoms with Crippen molar-refractivity contribution in [3.05, 3.63) is 18.7 Å². The van der Waals surface area contributed by atoms with Crippen molar-refractivity contribution >= 4 is 0 Å². The van der Waals surface area contributed by atoms with Crippen LogP contribution in [0.1, 0.15) is 13.3 Å². The van der Waals surface area contributed by atoms with Gasteiger partial charge in [0.1, 0.15) is 0 Å². The van der Waals surface area contributed by atoms with Crippen LogP contribution in [0, 0.1) is 5.92 Å². The second-order valence-corrected chi connectivity index (χ2v) is 3.99. The predicted octanol–water partition coefficient (Wildman–Crippen LogP) is 1.22. The largest absolute Gasteiger partial charge is 0.336 e. The van der Waals surface area contributed by atoms with E-state index in [0.717, 1.165) is 12.5 Å². The summed E-state index contributed by atoms with van der Waals surface area (Å²) >= 11 is 0. The summed E-state index contributed by atoms with van der Waals surface area (Å²) in [6, 6.07) is 0. The van der Waals surface area contributed by atoms with Gasteiger partial charge in [-0.1, -0.05) is 6.92 Å². The number of hydrogen-bond donors (Lipinski definition) is 0. The van der Waals surface area contributed by atoms with Crippen LogP contribution in [0.15, 0.2) is 18.7 Å². The summed E-state index contributed by atoms with van der Waals surface area (Å²) in [5.41, 5.74) is 0. The Morgan fingerprint density at radius 1 is 1.46 bits per heavy atom. The Bertz CT molecular complexity index is 243. The number of rotatable bonds is 3. The van der Waals surface area contributed by atoms with Crippen LogP contribution in [0.5, 0.6) is 0 Å². The highest BCUT2D eigenvalue weighted by Crippen LogP contribution is 2.14. The molecule has 0 N–H and O–H groups in total. The molecule has 1 aromatic rings. The zero-order chi connectivity index (χ0) is 9.10. The van der Waals surface area contributed by atoms with Crippen LogP contribution < -0.4 is 0 Å². The van der Waals surface area contributed by atoms with Gasteiger partial charge < -0.3 is 9.47 Å². The lowest BCUT2D eigenvalue weighted by Crippen LogP contribution is -2.24. The molecule has 0 amide bonds. The van der Waals surface area contributed by atoms with E-state index in [-0.39, 0.29) is 0 Å². The topological polar surface area (TPSA) is 21.1 Å². The molecule has 3 nitrogen and oxygen atoms in total. The van der Waals surface area contributed by atoms with Gasteiger partial charge in [0.05, 0.1) is 6.33 Å². The van der Waals surface area contributed by atoms with E-state index in [4.69, 9.17) is 0 Å². The molecule has 0 spiro atoms. The maximum absolute atomic E-state index is 4.03. The van der Waals surface area contributed by atoms with E-state index in [1.54, 1.807) is 0 Å². The molecule has 0 radical (unpaired) electrons. The quantitative estimate of drug-likeness (QED) is 0.695. The zero-order valence-electron chi connectivity index (χ0n) is 8.19. The molecule has 1 aliphatic rings. The van der Waals surface area contributed by atoms with Gasteiger partial charge in [-0.2, -0.15) is 0 Å². The lowest BCUT2D eigenvalue weighted by atomic mass is 10.2. The summed E-state index contributed by atoms with van der Waals surface area (Å²) in [6.07, 6.45) is 7.12. The fourth-order valence-corrected chi connectivity index (χ4v) is 1.91. The second kappa shape index (κ2) is 3.92. The van der Waals surface area contributed by atoms with Gasteiger partial charge in [0.15, 0.2) is 0 Å². The highest BCUT2D eigenvalue weighted by Gasteiger charge is 2.17. The average Bonchev–Trinajstić information content (AvgIpc) is 2.71. The molecule has 0 aromatic carbocycles. The van der Waals surface area contributed by atoms with Crippen LogP contribution in [0.2, 0.25) is 0 Å². The third kappa shape index (κ3) is 2.31. The van der Waals surface area contributed by atoms with Gasteiger partial charge >= 0.3 is 0 Å². The Hall–Kier alpha value is -0.830. The van der Waals surface area contributed by atoms with Crippen molar-refractivity contribution in [2.45, 2.75) is 19.9 Å². The van der Waals surface area contributed by atoms with Crippen molar-refractivity contribution in [2.24, 2.45) is 5.92 Å². The predicted molar refractivity (Wildman–Crippen MR) is 52.4 cm³/mol. The molecule has 0 saturated carbocycles. The maximum atomic E-state index is 4.03. The van der Waals surface area contributed by atoms with Crippen LogP contribution in [0.25, 0.3) is 0 Å². The number of likely N-dealkylation sites (tertiary alicyclic amines) is 1. The normalized spacial score (nSPS) is 23.9. The minimum Gasteiger partial charge on any atom is -0.336 e. The number of aromatic nitrogens is 2. The molecule has 72 valence electrons. The summed E-state index contributed by atoms with van der Waals surface area (Å²) in [6.45, 7) is 7.12. The standard InChI is InChI=1S/C10H17N3/c1-10-2-4-12(8-10)6-7-13-5-3-11-9-13/h3,5,9-10H,2,4,6-8H2,1H3/t10-/m0/s1. The van der Waals surface area contributed by atoms with Gasteiger partial charge in [-0.3, -0.25) is 0 Å².